The van der Waals surface area contributed by atoms with Gasteiger partial charge < -0.3 is 65.3 Å². The normalized spacial score (nSPS) is 25.0. The van der Waals surface area contributed by atoms with Crippen LogP contribution in [0.5, 0.6) is 0 Å². The number of rotatable bonds is 29. The van der Waals surface area contributed by atoms with Gasteiger partial charge in [0.05, 0.1) is 122 Å². The third-order valence-electron chi connectivity index (χ3n) is 13.3. The van der Waals surface area contributed by atoms with Gasteiger partial charge in [0.25, 0.3) is 15.6 Å². The van der Waals surface area contributed by atoms with E-state index in [1.54, 1.807) is 39.8 Å². The summed E-state index contributed by atoms with van der Waals surface area (Å²) in [6, 6.07) is 0. The number of hydrogen-bond acceptors (Lipinski definition) is 22. The number of halogens is 2. The fraction of sp³-hybridized carbons (Fsp3) is 0.736. The van der Waals surface area contributed by atoms with Gasteiger partial charge in [-0.05, 0) is 68.0 Å². The first-order valence-electron chi connectivity index (χ1n) is 27.2. The lowest BCUT2D eigenvalue weighted by Gasteiger charge is -2.30. The minimum atomic E-state index is -4.54. The summed E-state index contributed by atoms with van der Waals surface area (Å²) in [5.74, 6) is -5.34. The molecule has 0 saturated carbocycles. The Bertz CT molecular complexity index is 2510. The Hall–Kier alpha value is -2.74. The molecule has 4 saturated heterocycles. The van der Waals surface area contributed by atoms with E-state index in [-0.39, 0.29) is 107 Å². The van der Waals surface area contributed by atoms with Crippen molar-refractivity contribution < 1.29 is 113 Å². The second-order valence-corrected chi connectivity index (χ2v) is 36.9. The zero-order valence-electron chi connectivity index (χ0n) is 51.2. The first kappa shape index (κ1) is 76.5. The number of alkyl halides is 2. The minimum Gasteiger partial charge on any atom is -0.756 e. The highest BCUT2D eigenvalue weighted by atomic mass is 79.9. The van der Waals surface area contributed by atoms with Gasteiger partial charge in [-0.1, -0.05) is 78.6 Å². The predicted octanol–water partition coefficient (Wildman–Crippen LogP) is 3.70. The number of carbonyl (C=O) groups excluding carboxylic acids is 8. The Morgan fingerprint density at radius 1 is 0.600 bits per heavy atom. The summed E-state index contributed by atoms with van der Waals surface area (Å²) in [4.78, 5) is 124. The van der Waals surface area contributed by atoms with Gasteiger partial charge in [0.1, 0.15) is 61.4 Å². The van der Waals surface area contributed by atoms with Gasteiger partial charge in [0.15, 0.2) is 0 Å². The fourth-order valence-corrected chi connectivity index (χ4v) is 11.0. The maximum Gasteiger partial charge on any atom is 0.333 e. The summed E-state index contributed by atoms with van der Waals surface area (Å²) in [5.41, 5.74) is -0.908. The van der Waals surface area contributed by atoms with E-state index in [4.69, 9.17) is 32.7 Å². The Morgan fingerprint density at radius 3 is 1.24 bits per heavy atom. The Morgan fingerprint density at radius 2 is 0.918 bits per heavy atom. The number of phosphoric ester groups is 2. The average molecular weight is 1420 g/mol. The van der Waals surface area contributed by atoms with Crippen LogP contribution in [0.2, 0.25) is 0 Å². The zero-order valence-corrected chi connectivity index (χ0v) is 58.1. The predicted molar refractivity (Wildman–Crippen MR) is 318 cm³/mol. The van der Waals surface area contributed by atoms with E-state index in [9.17, 15) is 57.3 Å². The molecule has 6 rings (SSSR count). The molecular weight excluding hydrogens is 1330 g/mol. The molecule has 26 nitrogen and oxygen atoms in total. The van der Waals surface area contributed by atoms with Crippen molar-refractivity contribution in [2.45, 2.75) is 81.0 Å². The number of amides is 4. The van der Waals surface area contributed by atoms with Crippen LogP contribution in [0.1, 0.15) is 48.0 Å². The van der Waals surface area contributed by atoms with E-state index >= 15 is 0 Å². The first-order chi connectivity index (χ1) is 39.0. The number of phosphoric acid groups is 2. The third-order valence-corrected chi connectivity index (χ3v) is 19.8. The second kappa shape index (κ2) is 32.3. The molecule has 4 amide bonds. The molecule has 32 heteroatoms. The van der Waals surface area contributed by atoms with E-state index in [0.29, 0.717) is 29.7 Å². The highest BCUT2D eigenvalue weighted by molar-refractivity contribution is 9.10. The van der Waals surface area contributed by atoms with Crippen molar-refractivity contribution in [3.8, 4) is 0 Å². The Balaban J connectivity index is 0.000000351. The zero-order chi connectivity index (χ0) is 64.8. The van der Waals surface area contributed by atoms with Crippen molar-refractivity contribution in [2.75, 3.05) is 141 Å². The molecule has 0 aromatic carbocycles. The number of esters is 4. The van der Waals surface area contributed by atoms with Crippen LogP contribution in [0.25, 0.3) is 0 Å². The molecule has 85 heavy (non-hydrogen) atoms. The maximum absolute atomic E-state index is 12.8. The molecule has 12 unspecified atom stereocenters. The summed E-state index contributed by atoms with van der Waals surface area (Å²) in [5, 5.41) is 0. The third kappa shape index (κ3) is 24.2. The van der Waals surface area contributed by atoms with E-state index in [1.165, 1.54) is 27.0 Å². The summed E-state index contributed by atoms with van der Waals surface area (Å²) < 4.78 is 72.3. The number of carbonyl (C=O) groups is 8. The summed E-state index contributed by atoms with van der Waals surface area (Å²) in [6.07, 6.45) is 5.89. The van der Waals surface area contributed by atoms with Crippen LogP contribution in [-0.2, 0) is 94.0 Å². The van der Waals surface area contributed by atoms with Crippen LogP contribution < -0.4 is 9.79 Å². The summed E-state index contributed by atoms with van der Waals surface area (Å²) in [6.45, 7) is 19.4. The lowest BCUT2D eigenvalue weighted by molar-refractivity contribution is -0.870. The van der Waals surface area contributed by atoms with Crippen LogP contribution in [0, 0.1) is 29.1 Å². The number of fused-ring (bicyclic) bond motifs is 10. The number of likely N-dealkylation sites (N-methyl/N-ethyl adjacent to an activating group) is 2. The van der Waals surface area contributed by atoms with E-state index in [2.05, 4.69) is 72.2 Å². The van der Waals surface area contributed by atoms with Gasteiger partial charge in [-0.3, -0.25) is 52.5 Å². The number of imide groups is 2. The molecule has 0 aromatic heterocycles. The number of ether oxygens (including phenoxy) is 6. The summed E-state index contributed by atoms with van der Waals surface area (Å²) in [7, 11) is 4.13. The highest BCUT2D eigenvalue weighted by Gasteiger charge is 2.62. The molecular formula is C53H86Br2N4O22P4. The van der Waals surface area contributed by atoms with E-state index in [1.807, 2.05) is 54.4 Å². The smallest absolute Gasteiger partial charge is 0.333 e. The molecule has 6 aliphatic heterocycles. The number of quaternary nitrogens is 2. The molecule has 0 N–H and O–H groups in total. The molecule has 484 valence electrons. The van der Waals surface area contributed by atoms with Crippen molar-refractivity contribution in [2.24, 2.45) is 29.1 Å². The van der Waals surface area contributed by atoms with E-state index < -0.39 is 96.1 Å². The van der Waals surface area contributed by atoms with Crippen molar-refractivity contribution >= 4 is 111 Å². The van der Waals surface area contributed by atoms with Crippen LogP contribution >= 0.6 is 63.4 Å². The van der Waals surface area contributed by atoms with Crippen molar-refractivity contribution in [3.05, 3.63) is 36.5 Å². The van der Waals surface area contributed by atoms with Crippen molar-refractivity contribution in [1.82, 2.24) is 9.80 Å². The number of hydrogen-bond donors (Lipinski definition) is 0. The van der Waals surface area contributed by atoms with Gasteiger partial charge in [-0.15, -0.1) is 0 Å². The summed E-state index contributed by atoms with van der Waals surface area (Å²) >= 11 is 6.49. The SMILES string of the molecule is C=C(C)C(=O)OCCOP(=O)([O-])OCC[N+](C)(C)[13CH3].CC(C)(Br)C(=O)OCCN1C(=O)C2C3C=CC(O3)C2C1=O.CC(C)(CC(C)(Br)C(=O)OCCOP(=O)([O-])OCC[N+](C)(C)[13CH3])C(=O)OCCN1C(=O)C2C3C=CC(O3)C2C1=O.CPP(C)C. The molecule has 0 aliphatic carbocycles. The lowest BCUT2D eigenvalue weighted by Crippen LogP contribution is -2.41. The molecule has 0 spiro atoms. The molecule has 4 bridgehead atoms. The van der Waals surface area contributed by atoms with Gasteiger partial charge in [0.2, 0.25) is 23.6 Å². The average Bonchev–Trinajstić information content (AvgIpc) is 2.76. The maximum atomic E-state index is 12.8. The lowest BCUT2D eigenvalue weighted by atomic mass is 9.83. The van der Waals surface area contributed by atoms with Gasteiger partial charge in [-0.25, -0.2) is 4.79 Å². The molecule has 12 atom stereocenters. The van der Waals surface area contributed by atoms with Gasteiger partial charge in [0, 0.05) is 5.57 Å². The van der Waals surface area contributed by atoms with Crippen LogP contribution in [0.15, 0.2) is 36.5 Å². The molecule has 4 fully saturated rings. The van der Waals surface area contributed by atoms with Gasteiger partial charge in [-0.2, -0.15) is 0 Å². The minimum absolute atomic E-state index is 0.00834. The van der Waals surface area contributed by atoms with Crippen LogP contribution in [0.4, 0.5) is 0 Å². The van der Waals surface area contributed by atoms with E-state index in [0.717, 1.165) is 4.90 Å². The first-order valence-corrected chi connectivity index (χ1v) is 36.3. The fourth-order valence-electron chi connectivity index (χ4n) is 8.74. The molecule has 0 aromatic rings. The van der Waals surface area contributed by atoms with Crippen molar-refractivity contribution in [1.29, 1.82) is 0 Å². The van der Waals surface area contributed by atoms with Crippen LogP contribution in [-0.4, -0.2) is 241 Å². The molecule has 6 heterocycles. The second-order valence-electron chi connectivity index (χ2n) is 24.1. The van der Waals surface area contributed by atoms with Crippen molar-refractivity contribution in [3.63, 3.8) is 0 Å². The largest absolute Gasteiger partial charge is 0.756 e. The topological polar surface area (TPSA) is 316 Å². The highest BCUT2D eigenvalue weighted by Crippen LogP contribution is 2.47. The molecule has 0 radical (unpaired) electrons. The Kier molecular flexibility index (Phi) is 29.1. The Labute approximate surface area is 518 Å². The van der Waals surface area contributed by atoms with Crippen LogP contribution in [0.3, 0.4) is 0 Å². The number of nitrogens with zero attached hydrogens (tertiary/aromatic N) is 4. The molecule has 6 aliphatic rings. The number of likely N-dealkylation sites (tertiary alicyclic amines) is 2. The quantitative estimate of drug-likeness (QED) is 0.00985. The monoisotopic (exact) mass is 1410 g/mol. The standard InChI is InChI=1S/C25H38BrN2O11P.C14H16BrNO5.C11H22NO6P.C3H10P2/c1-24(2,15-25(3,26)23(32)36-13-14-38-40(33,34)37-12-10-28(4,5)6)22(31)35-11-9-27-20(29)18-16-7-8-17(39-16)19(18)21(27)30;1-14(2,15)13(19)20-6-5-16-11(17)9-7-3-4-8(21-7)10(9)12(16)18;1-10(2)11(13)16-8-9-18-19(14,15)17-7-6-12(3,4)5;1-4-5(2)3/h7-8,16-19H,9-15H2,1-6H3;3-4,7-10H,5-6H2,1-2H3;1,6-9H2,2-5H3;4H,1-3H3/i4+1;;3+1;. The van der Waals surface area contributed by atoms with Gasteiger partial charge >= 0.3 is 23.9 Å².